The van der Waals surface area contributed by atoms with E-state index < -0.39 is 0 Å². The molecule has 0 atom stereocenters. The van der Waals surface area contributed by atoms with Gasteiger partial charge in [0.05, 0.1) is 6.04 Å². The zero-order chi connectivity index (χ0) is 9.97. The molecule has 2 aliphatic rings. The average molecular weight is 197 g/mol. The average Bonchev–Trinajstić information content (AvgIpc) is 2.61. The quantitative estimate of drug-likeness (QED) is 0.717. The van der Waals surface area contributed by atoms with E-state index in [1.807, 2.05) is 0 Å². The molecule has 4 heteroatoms. The first-order valence-corrected chi connectivity index (χ1v) is 5.38. The predicted octanol–water partition coefficient (Wildman–Crippen LogP) is 1.08. The first kappa shape index (κ1) is 9.80. The summed E-state index contributed by atoms with van der Waals surface area (Å²) >= 11 is 0. The molecule has 0 aliphatic carbocycles. The Morgan fingerprint density at radius 3 is 2.86 bits per heavy atom. The van der Waals surface area contributed by atoms with E-state index in [1.54, 1.807) is 0 Å². The number of hydrazine groups is 2. The number of nitrogens with zero attached hydrogens (tertiary/aromatic N) is 2. The highest BCUT2D eigenvalue weighted by molar-refractivity contribution is 5.04. The summed E-state index contributed by atoms with van der Waals surface area (Å²) in [6.07, 6.45) is 5.43. The molecule has 1 saturated heterocycles. The third kappa shape index (κ3) is 1.72. The van der Waals surface area contributed by atoms with Crippen molar-refractivity contribution >= 4 is 0 Å². The molecule has 1 fully saturated rings. The molecule has 0 radical (unpaired) electrons. The second-order valence-corrected chi connectivity index (χ2v) is 3.83. The summed E-state index contributed by atoms with van der Waals surface area (Å²) in [4.78, 5) is 0. The third-order valence-corrected chi connectivity index (χ3v) is 2.93. The van der Waals surface area contributed by atoms with Gasteiger partial charge >= 0.3 is 0 Å². The Bertz CT molecular complexity index is 223. The molecule has 2 aliphatic heterocycles. The Balaban J connectivity index is 2.03. The molecule has 0 aromatic carbocycles. The van der Waals surface area contributed by atoms with Gasteiger partial charge in [0.15, 0.2) is 0 Å². The van der Waals surface area contributed by atoms with E-state index in [0.29, 0.717) is 6.04 Å². The van der Waals surface area contributed by atoms with Gasteiger partial charge in [0.1, 0.15) is 0 Å². The predicted molar refractivity (Wildman–Crippen MR) is 55.0 cm³/mol. The maximum Gasteiger partial charge on any atom is 0.0515 e. The third-order valence-electron chi connectivity index (χ3n) is 2.93. The van der Waals surface area contributed by atoms with Crippen molar-refractivity contribution < 1.29 is 4.74 Å². The largest absolute Gasteiger partial charge is 0.381 e. The van der Waals surface area contributed by atoms with Crippen molar-refractivity contribution in [2.45, 2.75) is 32.2 Å². The minimum absolute atomic E-state index is 0.606. The first-order chi connectivity index (χ1) is 6.83. The molecular formula is C10H19N3O. The number of nitrogens with one attached hydrogen (secondary N) is 1. The van der Waals surface area contributed by atoms with Gasteiger partial charge in [-0.15, -0.1) is 5.12 Å². The summed E-state index contributed by atoms with van der Waals surface area (Å²) in [7, 11) is 2.06. The van der Waals surface area contributed by atoms with Gasteiger partial charge in [-0.1, -0.05) is 6.92 Å². The molecule has 0 amide bonds. The Morgan fingerprint density at radius 1 is 1.50 bits per heavy atom. The smallest absolute Gasteiger partial charge is 0.0515 e. The van der Waals surface area contributed by atoms with E-state index in [1.165, 1.54) is 5.70 Å². The van der Waals surface area contributed by atoms with Gasteiger partial charge in [-0.25, -0.2) is 0 Å². The lowest BCUT2D eigenvalue weighted by atomic mass is 10.1. The van der Waals surface area contributed by atoms with E-state index >= 15 is 0 Å². The van der Waals surface area contributed by atoms with E-state index in [9.17, 15) is 0 Å². The van der Waals surface area contributed by atoms with Crippen molar-refractivity contribution in [1.82, 2.24) is 15.6 Å². The number of ether oxygens (including phenoxy) is 1. The van der Waals surface area contributed by atoms with Crippen molar-refractivity contribution in [2.24, 2.45) is 0 Å². The Labute approximate surface area is 85.4 Å². The maximum absolute atomic E-state index is 5.38. The molecule has 0 spiro atoms. The normalized spacial score (nSPS) is 25.0. The SMILES string of the molecule is CCC1=CNN(C)N1C1CCOCC1. The fourth-order valence-electron chi connectivity index (χ4n) is 2.16. The van der Waals surface area contributed by atoms with Crippen LogP contribution in [0.5, 0.6) is 0 Å². The molecule has 80 valence electrons. The second kappa shape index (κ2) is 4.19. The zero-order valence-corrected chi connectivity index (χ0v) is 8.99. The van der Waals surface area contributed by atoms with Gasteiger partial charge in [0, 0.05) is 32.2 Å². The highest BCUT2D eigenvalue weighted by Crippen LogP contribution is 2.24. The lowest BCUT2D eigenvalue weighted by Gasteiger charge is -2.37. The van der Waals surface area contributed by atoms with Crippen molar-refractivity contribution in [1.29, 1.82) is 0 Å². The lowest BCUT2D eigenvalue weighted by molar-refractivity contribution is -0.0555. The minimum atomic E-state index is 0.606. The van der Waals surface area contributed by atoms with Gasteiger partial charge in [-0.3, -0.25) is 5.01 Å². The van der Waals surface area contributed by atoms with Gasteiger partial charge in [-0.2, -0.15) is 0 Å². The Hall–Kier alpha value is -0.740. The molecule has 0 aromatic rings. The highest BCUT2D eigenvalue weighted by atomic mass is 16.5. The molecule has 14 heavy (non-hydrogen) atoms. The summed E-state index contributed by atoms with van der Waals surface area (Å²) in [5, 5.41) is 4.44. The number of allylic oxidation sites excluding steroid dienone is 1. The fourth-order valence-corrected chi connectivity index (χ4v) is 2.16. The number of rotatable bonds is 2. The molecule has 2 rings (SSSR count). The molecular weight excluding hydrogens is 178 g/mol. The molecule has 0 saturated carbocycles. The van der Waals surface area contributed by atoms with Gasteiger partial charge in [0.2, 0.25) is 0 Å². The summed E-state index contributed by atoms with van der Waals surface area (Å²) < 4.78 is 5.38. The molecule has 1 N–H and O–H groups in total. The lowest BCUT2D eigenvalue weighted by Crippen LogP contribution is -2.47. The van der Waals surface area contributed by atoms with E-state index in [-0.39, 0.29) is 0 Å². The topological polar surface area (TPSA) is 27.7 Å². The molecule has 2 heterocycles. The second-order valence-electron chi connectivity index (χ2n) is 3.83. The van der Waals surface area contributed by atoms with Crippen LogP contribution in [0.1, 0.15) is 26.2 Å². The van der Waals surface area contributed by atoms with Crippen molar-refractivity contribution in [3.8, 4) is 0 Å². The first-order valence-electron chi connectivity index (χ1n) is 5.38. The summed E-state index contributed by atoms with van der Waals surface area (Å²) in [5.41, 5.74) is 4.60. The van der Waals surface area contributed by atoms with Crippen LogP contribution < -0.4 is 5.43 Å². The van der Waals surface area contributed by atoms with Crippen LogP contribution in [0.25, 0.3) is 0 Å². The minimum Gasteiger partial charge on any atom is -0.381 e. The fraction of sp³-hybridized carbons (Fsp3) is 0.800. The van der Waals surface area contributed by atoms with Crippen molar-refractivity contribution in [3.05, 3.63) is 11.9 Å². The summed E-state index contributed by atoms with van der Waals surface area (Å²) in [6.45, 7) is 3.98. The molecule has 4 nitrogen and oxygen atoms in total. The van der Waals surface area contributed by atoms with Gasteiger partial charge in [0.25, 0.3) is 0 Å². The monoisotopic (exact) mass is 197 g/mol. The van der Waals surface area contributed by atoms with E-state index in [0.717, 1.165) is 32.5 Å². The molecule has 0 aromatic heterocycles. The van der Waals surface area contributed by atoms with Crippen LogP contribution in [0.3, 0.4) is 0 Å². The Morgan fingerprint density at radius 2 is 2.21 bits per heavy atom. The number of hydrogen-bond acceptors (Lipinski definition) is 4. The van der Waals surface area contributed by atoms with Crippen LogP contribution >= 0.6 is 0 Å². The van der Waals surface area contributed by atoms with Crippen molar-refractivity contribution in [2.75, 3.05) is 20.3 Å². The standard InChI is InChI=1S/C10H19N3O/c1-3-9-8-11-12(2)13(9)10-4-6-14-7-5-10/h8,10-11H,3-7H2,1-2H3. The van der Waals surface area contributed by atoms with Crippen LogP contribution in [-0.2, 0) is 4.74 Å². The van der Waals surface area contributed by atoms with Crippen LogP contribution in [0, 0.1) is 0 Å². The Kier molecular flexibility index (Phi) is 2.93. The van der Waals surface area contributed by atoms with Crippen LogP contribution in [0.15, 0.2) is 11.9 Å². The summed E-state index contributed by atoms with van der Waals surface area (Å²) in [6, 6.07) is 0.606. The van der Waals surface area contributed by atoms with Crippen LogP contribution in [-0.4, -0.2) is 36.4 Å². The highest BCUT2D eigenvalue weighted by Gasteiger charge is 2.28. The molecule has 0 bridgehead atoms. The van der Waals surface area contributed by atoms with E-state index in [4.69, 9.17) is 4.74 Å². The summed E-state index contributed by atoms with van der Waals surface area (Å²) in [5.74, 6) is 0. The van der Waals surface area contributed by atoms with Crippen LogP contribution in [0.2, 0.25) is 0 Å². The number of hydrogen-bond donors (Lipinski definition) is 1. The van der Waals surface area contributed by atoms with Crippen molar-refractivity contribution in [3.63, 3.8) is 0 Å². The zero-order valence-electron chi connectivity index (χ0n) is 8.99. The molecule has 0 unspecified atom stereocenters. The maximum atomic E-state index is 5.38. The van der Waals surface area contributed by atoms with E-state index in [2.05, 4.69) is 35.7 Å². The van der Waals surface area contributed by atoms with Gasteiger partial charge in [-0.05, 0) is 19.3 Å². The van der Waals surface area contributed by atoms with Crippen LogP contribution in [0.4, 0.5) is 0 Å². The van der Waals surface area contributed by atoms with Gasteiger partial charge < -0.3 is 10.2 Å².